The van der Waals surface area contributed by atoms with Crippen molar-refractivity contribution in [1.82, 2.24) is 14.8 Å². The molecule has 0 bridgehead atoms. The largest absolute Gasteiger partial charge is 0.493 e. The number of hydrogen-bond donors (Lipinski definition) is 1. The number of aliphatic hydroxyl groups excluding tert-OH is 1. The molecule has 0 fully saturated rings. The number of pyridine rings is 1. The minimum absolute atomic E-state index is 0.573. The molecule has 2 aromatic heterocycles. The van der Waals surface area contributed by atoms with E-state index in [1.54, 1.807) is 25.0 Å². The number of benzene rings is 1. The maximum atomic E-state index is 10.8. The van der Waals surface area contributed by atoms with Crippen LogP contribution in [0, 0.1) is 6.92 Å². The standard InChI is InChI=1S/C16H17N3O2/c1-10-8-12(11-6-4-5-7-13(11)18-10)16(20)15-14(21-3)9-17-19(15)2/h4-9,16,20H,1-3H3. The van der Waals surface area contributed by atoms with Crippen molar-refractivity contribution in [2.24, 2.45) is 7.05 Å². The summed E-state index contributed by atoms with van der Waals surface area (Å²) in [5.41, 5.74) is 3.17. The van der Waals surface area contributed by atoms with E-state index in [0.29, 0.717) is 11.4 Å². The van der Waals surface area contributed by atoms with Gasteiger partial charge in [0.05, 0.1) is 18.8 Å². The van der Waals surface area contributed by atoms with Crippen LogP contribution in [0.3, 0.4) is 0 Å². The lowest BCUT2D eigenvalue weighted by Crippen LogP contribution is -2.09. The second-order valence-corrected chi connectivity index (χ2v) is 4.99. The summed E-state index contributed by atoms with van der Waals surface area (Å²) in [4.78, 5) is 4.50. The maximum absolute atomic E-state index is 10.8. The number of aryl methyl sites for hydroxylation is 2. The summed E-state index contributed by atoms with van der Waals surface area (Å²) in [6, 6.07) is 9.69. The van der Waals surface area contributed by atoms with Crippen LogP contribution in [0.1, 0.15) is 23.1 Å². The second-order valence-electron chi connectivity index (χ2n) is 4.99. The number of ether oxygens (including phenoxy) is 1. The Bertz CT molecular complexity index is 795. The number of nitrogens with zero attached hydrogens (tertiary/aromatic N) is 3. The van der Waals surface area contributed by atoms with Gasteiger partial charge in [0.25, 0.3) is 0 Å². The van der Waals surface area contributed by atoms with E-state index in [-0.39, 0.29) is 0 Å². The zero-order chi connectivity index (χ0) is 15.0. The highest BCUT2D eigenvalue weighted by Crippen LogP contribution is 2.33. The molecule has 1 N–H and O–H groups in total. The van der Waals surface area contributed by atoms with Crippen molar-refractivity contribution in [2.45, 2.75) is 13.0 Å². The quantitative estimate of drug-likeness (QED) is 0.801. The molecule has 1 aromatic carbocycles. The van der Waals surface area contributed by atoms with Crippen molar-refractivity contribution < 1.29 is 9.84 Å². The zero-order valence-corrected chi connectivity index (χ0v) is 12.2. The van der Waals surface area contributed by atoms with Crippen molar-refractivity contribution in [3.05, 3.63) is 53.5 Å². The predicted octanol–water partition coefficient (Wildman–Crippen LogP) is 2.37. The number of hydrogen-bond acceptors (Lipinski definition) is 4. The number of fused-ring (bicyclic) bond motifs is 1. The molecule has 21 heavy (non-hydrogen) atoms. The van der Waals surface area contributed by atoms with E-state index in [4.69, 9.17) is 4.74 Å². The average molecular weight is 283 g/mol. The summed E-state index contributed by atoms with van der Waals surface area (Å²) < 4.78 is 6.93. The number of para-hydroxylation sites is 1. The van der Waals surface area contributed by atoms with Crippen LogP contribution in [0.25, 0.3) is 10.9 Å². The van der Waals surface area contributed by atoms with Crippen molar-refractivity contribution >= 4 is 10.9 Å². The first-order valence-electron chi connectivity index (χ1n) is 6.72. The lowest BCUT2D eigenvalue weighted by Gasteiger charge is -2.16. The molecule has 0 radical (unpaired) electrons. The molecule has 0 spiro atoms. The molecule has 0 amide bonds. The van der Waals surface area contributed by atoms with Gasteiger partial charge in [0.1, 0.15) is 11.8 Å². The summed E-state index contributed by atoms with van der Waals surface area (Å²) in [6.45, 7) is 1.92. The van der Waals surface area contributed by atoms with Gasteiger partial charge >= 0.3 is 0 Å². The number of methoxy groups -OCH3 is 1. The van der Waals surface area contributed by atoms with Gasteiger partial charge in [-0.05, 0) is 24.6 Å². The molecule has 0 saturated heterocycles. The van der Waals surface area contributed by atoms with Crippen LogP contribution in [0.4, 0.5) is 0 Å². The molecule has 2 heterocycles. The Labute approximate surface area is 122 Å². The number of aliphatic hydroxyl groups is 1. The highest BCUT2D eigenvalue weighted by atomic mass is 16.5. The fourth-order valence-corrected chi connectivity index (χ4v) is 2.61. The Balaban J connectivity index is 2.22. The van der Waals surface area contributed by atoms with E-state index in [0.717, 1.165) is 22.2 Å². The lowest BCUT2D eigenvalue weighted by atomic mass is 10.0. The molecule has 0 saturated carbocycles. The molecule has 5 heteroatoms. The Hall–Kier alpha value is -2.40. The molecular weight excluding hydrogens is 266 g/mol. The summed E-state index contributed by atoms with van der Waals surface area (Å²) in [6.07, 6.45) is 0.786. The Morgan fingerprint density at radius 3 is 2.81 bits per heavy atom. The second kappa shape index (κ2) is 5.18. The van der Waals surface area contributed by atoms with Crippen LogP contribution >= 0.6 is 0 Å². The minimum atomic E-state index is -0.820. The third-order valence-electron chi connectivity index (χ3n) is 3.60. The molecular formula is C16H17N3O2. The first kappa shape index (κ1) is 13.6. The van der Waals surface area contributed by atoms with Gasteiger partial charge in [0, 0.05) is 18.1 Å². The van der Waals surface area contributed by atoms with Crippen LogP contribution in [0.2, 0.25) is 0 Å². The van der Waals surface area contributed by atoms with Gasteiger partial charge < -0.3 is 9.84 Å². The Morgan fingerprint density at radius 1 is 1.29 bits per heavy atom. The van der Waals surface area contributed by atoms with E-state index in [9.17, 15) is 5.11 Å². The molecule has 108 valence electrons. The zero-order valence-electron chi connectivity index (χ0n) is 12.2. The summed E-state index contributed by atoms with van der Waals surface area (Å²) in [5, 5.41) is 15.9. The van der Waals surface area contributed by atoms with Gasteiger partial charge in [-0.15, -0.1) is 0 Å². The highest BCUT2D eigenvalue weighted by molar-refractivity contribution is 5.83. The van der Waals surface area contributed by atoms with Crippen molar-refractivity contribution in [3.8, 4) is 5.75 Å². The first-order chi connectivity index (χ1) is 10.1. The van der Waals surface area contributed by atoms with Gasteiger partial charge in [-0.1, -0.05) is 18.2 Å². The predicted molar refractivity (Wildman–Crippen MR) is 80.3 cm³/mol. The van der Waals surface area contributed by atoms with Crippen LogP contribution in [-0.2, 0) is 7.05 Å². The van der Waals surface area contributed by atoms with Crippen molar-refractivity contribution in [1.29, 1.82) is 0 Å². The molecule has 3 rings (SSSR count). The topological polar surface area (TPSA) is 60.2 Å². The van der Waals surface area contributed by atoms with Gasteiger partial charge in [-0.25, -0.2) is 0 Å². The third-order valence-corrected chi connectivity index (χ3v) is 3.60. The minimum Gasteiger partial charge on any atom is -0.493 e. The summed E-state index contributed by atoms with van der Waals surface area (Å²) in [7, 11) is 3.36. The third kappa shape index (κ3) is 2.25. The fourth-order valence-electron chi connectivity index (χ4n) is 2.61. The van der Waals surface area contributed by atoms with Crippen LogP contribution < -0.4 is 4.74 Å². The van der Waals surface area contributed by atoms with E-state index in [2.05, 4.69) is 10.1 Å². The van der Waals surface area contributed by atoms with Gasteiger partial charge in [0.2, 0.25) is 0 Å². The van der Waals surface area contributed by atoms with E-state index < -0.39 is 6.10 Å². The Kier molecular flexibility index (Phi) is 3.35. The summed E-state index contributed by atoms with van der Waals surface area (Å²) in [5.74, 6) is 0.573. The molecule has 0 aliphatic rings. The fraction of sp³-hybridized carbons (Fsp3) is 0.250. The van der Waals surface area contributed by atoms with E-state index in [1.807, 2.05) is 37.3 Å². The van der Waals surface area contributed by atoms with Crippen LogP contribution in [-0.4, -0.2) is 27.0 Å². The Morgan fingerprint density at radius 2 is 2.05 bits per heavy atom. The molecule has 0 aliphatic heterocycles. The first-order valence-corrected chi connectivity index (χ1v) is 6.72. The maximum Gasteiger partial charge on any atom is 0.162 e. The van der Waals surface area contributed by atoms with Gasteiger partial charge in [-0.3, -0.25) is 9.67 Å². The normalized spacial score (nSPS) is 12.6. The number of rotatable bonds is 3. The van der Waals surface area contributed by atoms with Crippen LogP contribution in [0.15, 0.2) is 36.5 Å². The number of aromatic nitrogens is 3. The molecule has 5 nitrogen and oxygen atoms in total. The van der Waals surface area contributed by atoms with Crippen molar-refractivity contribution in [2.75, 3.05) is 7.11 Å². The molecule has 3 aromatic rings. The molecule has 1 unspecified atom stereocenters. The smallest absolute Gasteiger partial charge is 0.162 e. The summed E-state index contributed by atoms with van der Waals surface area (Å²) >= 11 is 0. The molecule has 0 aliphatic carbocycles. The molecule has 1 atom stereocenters. The van der Waals surface area contributed by atoms with Crippen LogP contribution in [0.5, 0.6) is 5.75 Å². The monoisotopic (exact) mass is 283 g/mol. The SMILES string of the molecule is COc1cnn(C)c1C(O)c1cc(C)nc2ccccc12. The highest BCUT2D eigenvalue weighted by Gasteiger charge is 2.22. The van der Waals surface area contributed by atoms with Gasteiger partial charge in [0.15, 0.2) is 5.75 Å². The average Bonchev–Trinajstić information content (AvgIpc) is 2.86. The van der Waals surface area contributed by atoms with Gasteiger partial charge in [-0.2, -0.15) is 5.10 Å². The van der Waals surface area contributed by atoms with E-state index >= 15 is 0 Å². The lowest BCUT2D eigenvalue weighted by molar-refractivity contribution is 0.205. The van der Waals surface area contributed by atoms with E-state index in [1.165, 1.54) is 0 Å². The van der Waals surface area contributed by atoms with Crippen molar-refractivity contribution in [3.63, 3.8) is 0 Å².